The molecule has 1 fully saturated rings. The fraction of sp³-hybridized carbons (Fsp3) is 0.562. The summed E-state index contributed by atoms with van der Waals surface area (Å²) in [6, 6.07) is 8.42. The number of carbonyl (C=O) groups is 1. The molecular weight excluding hydrogens is 268 g/mol. The predicted molar refractivity (Wildman–Crippen MR) is 86.3 cm³/mol. The number of amides is 1. The lowest BCUT2D eigenvalue weighted by Gasteiger charge is -2.35. The normalized spacial score (nSPS) is 17.1. The molecule has 0 bridgehead atoms. The third-order valence-electron chi connectivity index (χ3n) is 4.07. The molecule has 1 aromatic carbocycles. The van der Waals surface area contributed by atoms with Crippen molar-refractivity contribution in [1.29, 1.82) is 0 Å². The van der Waals surface area contributed by atoms with Gasteiger partial charge in [-0.15, -0.1) is 0 Å². The highest BCUT2D eigenvalue weighted by Gasteiger charge is 2.24. The van der Waals surface area contributed by atoms with E-state index in [-0.39, 0.29) is 5.91 Å². The molecule has 20 heavy (non-hydrogen) atoms. The molecule has 0 N–H and O–H groups in total. The Balaban J connectivity index is 1.99. The number of thioether (sulfide) groups is 1. The van der Waals surface area contributed by atoms with E-state index in [0.717, 1.165) is 37.2 Å². The number of carbonyl (C=O) groups excluding carboxylic acids is 1. The Morgan fingerprint density at radius 3 is 2.45 bits per heavy atom. The lowest BCUT2D eigenvalue weighted by Crippen LogP contribution is -2.44. The third kappa shape index (κ3) is 3.76. The molecule has 2 rings (SSSR count). The van der Waals surface area contributed by atoms with E-state index in [0.29, 0.717) is 6.04 Å². The summed E-state index contributed by atoms with van der Waals surface area (Å²) in [6.45, 7) is 2.16. The molecule has 0 spiro atoms. The molecule has 0 aliphatic carbocycles. The van der Waals surface area contributed by atoms with E-state index < -0.39 is 0 Å². The highest BCUT2D eigenvalue weighted by atomic mass is 32.2. The van der Waals surface area contributed by atoms with Crippen LogP contribution in [-0.2, 0) is 5.75 Å². The van der Waals surface area contributed by atoms with Crippen molar-refractivity contribution in [2.45, 2.75) is 24.6 Å². The van der Waals surface area contributed by atoms with Crippen molar-refractivity contribution in [1.82, 2.24) is 9.80 Å². The second kappa shape index (κ2) is 7.14. The van der Waals surface area contributed by atoms with Crippen molar-refractivity contribution in [3.63, 3.8) is 0 Å². The van der Waals surface area contributed by atoms with Gasteiger partial charge >= 0.3 is 0 Å². The molecule has 0 unspecified atom stereocenters. The zero-order chi connectivity index (χ0) is 14.5. The summed E-state index contributed by atoms with van der Waals surface area (Å²) in [5.41, 5.74) is 2.08. The summed E-state index contributed by atoms with van der Waals surface area (Å²) in [5, 5.41) is 0. The van der Waals surface area contributed by atoms with Crippen molar-refractivity contribution in [2.75, 3.05) is 33.4 Å². The quantitative estimate of drug-likeness (QED) is 0.852. The molecule has 4 heteroatoms. The number of piperidine rings is 1. The molecule has 0 radical (unpaired) electrons. The molecule has 0 aromatic heterocycles. The smallest absolute Gasteiger partial charge is 0.253 e. The first-order valence-corrected chi connectivity index (χ1v) is 8.55. The van der Waals surface area contributed by atoms with Gasteiger partial charge in [-0.05, 0) is 56.9 Å². The number of nitrogens with zero attached hydrogens (tertiary/aromatic N) is 2. The van der Waals surface area contributed by atoms with Crippen LogP contribution in [0.2, 0.25) is 0 Å². The van der Waals surface area contributed by atoms with Gasteiger partial charge in [-0.1, -0.05) is 12.1 Å². The first kappa shape index (κ1) is 15.4. The molecule has 1 amide bonds. The SMILES string of the molecule is CSCc1ccc(C(=O)N(C)C2CCN(C)CC2)cc1. The fourth-order valence-corrected chi connectivity index (χ4v) is 3.19. The van der Waals surface area contributed by atoms with Gasteiger partial charge in [-0.2, -0.15) is 11.8 Å². The molecule has 3 nitrogen and oxygen atoms in total. The van der Waals surface area contributed by atoms with Crippen LogP contribution in [0.4, 0.5) is 0 Å². The number of rotatable bonds is 4. The molecular formula is C16H24N2OS. The molecule has 0 saturated carbocycles. The Kier molecular flexibility index (Phi) is 5.49. The topological polar surface area (TPSA) is 23.6 Å². The Morgan fingerprint density at radius 1 is 1.30 bits per heavy atom. The largest absolute Gasteiger partial charge is 0.339 e. The van der Waals surface area contributed by atoms with E-state index in [1.807, 2.05) is 24.1 Å². The molecule has 1 aromatic rings. The lowest BCUT2D eigenvalue weighted by atomic mass is 10.0. The van der Waals surface area contributed by atoms with Crippen molar-refractivity contribution in [3.8, 4) is 0 Å². The van der Waals surface area contributed by atoms with E-state index in [4.69, 9.17) is 0 Å². The maximum atomic E-state index is 12.5. The summed E-state index contributed by atoms with van der Waals surface area (Å²) in [5.74, 6) is 1.15. The zero-order valence-corrected chi connectivity index (χ0v) is 13.4. The van der Waals surface area contributed by atoms with E-state index in [9.17, 15) is 4.79 Å². The van der Waals surface area contributed by atoms with Gasteiger partial charge in [-0.25, -0.2) is 0 Å². The highest BCUT2D eigenvalue weighted by Crippen LogP contribution is 2.17. The highest BCUT2D eigenvalue weighted by molar-refractivity contribution is 7.97. The van der Waals surface area contributed by atoms with Crippen LogP contribution < -0.4 is 0 Å². The number of benzene rings is 1. The van der Waals surface area contributed by atoms with Crippen LogP contribution in [0.5, 0.6) is 0 Å². The number of hydrogen-bond acceptors (Lipinski definition) is 3. The van der Waals surface area contributed by atoms with Gasteiger partial charge in [0.15, 0.2) is 0 Å². The van der Waals surface area contributed by atoms with Crippen molar-refractivity contribution < 1.29 is 4.79 Å². The average Bonchev–Trinajstić information content (AvgIpc) is 2.48. The fourth-order valence-electron chi connectivity index (χ4n) is 2.66. The van der Waals surface area contributed by atoms with Crippen LogP contribution in [0.25, 0.3) is 0 Å². The Labute approximate surface area is 126 Å². The average molecular weight is 292 g/mol. The Hall–Kier alpha value is -1.00. The minimum Gasteiger partial charge on any atom is -0.339 e. The van der Waals surface area contributed by atoms with Gasteiger partial charge in [0.05, 0.1) is 0 Å². The first-order chi connectivity index (χ1) is 9.61. The van der Waals surface area contributed by atoms with Crippen molar-refractivity contribution >= 4 is 17.7 Å². The van der Waals surface area contributed by atoms with Crippen molar-refractivity contribution in [2.24, 2.45) is 0 Å². The Morgan fingerprint density at radius 2 is 1.90 bits per heavy atom. The molecule has 1 aliphatic rings. The number of hydrogen-bond donors (Lipinski definition) is 0. The maximum absolute atomic E-state index is 12.5. The van der Waals surface area contributed by atoms with Crippen LogP contribution in [0.15, 0.2) is 24.3 Å². The summed E-state index contributed by atoms with van der Waals surface area (Å²) in [4.78, 5) is 16.8. The minimum absolute atomic E-state index is 0.148. The molecule has 1 heterocycles. The lowest BCUT2D eigenvalue weighted by molar-refractivity contribution is 0.0659. The van der Waals surface area contributed by atoms with Gasteiger partial charge in [0.2, 0.25) is 0 Å². The second-order valence-corrected chi connectivity index (χ2v) is 6.45. The summed E-state index contributed by atoms with van der Waals surface area (Å²) >= 11 is 1.80. The predicted octanol–water partition coefficient (Wildman–Crippen LogP) is 2.72. The van der Waals surface area contributed by atoms with E-state index in [1.54, 1.807) is 11.8 Å². The third-order valence-corrected chi connectivity index (χ3v) is 4.69. The van der Waals surface area contributed by atoms with Gasteiger partial charge in [0.25, 0.3) is 5.91 Å². The van der Waals surface area contributed by atoms with Crippen LogP contribution >= 0.6 is 11.8 Å². The minimum atomic E-state index is 0.148. The van der Waals surface area contributed by atoms with Gasteiger partial charge in [0.1, 0.15) is 0 Å². The maximum Gasteiger partial charge on any atom is 0.253 e. The molecule has 1 saturated heterocycles. The standard InChI is InChI=1S/C16H24N2OS/c1-17-10-8-15(9-11-17)18(2)16(19)14-6-4-13(5-7-14)12-20-3/h4-7,15H,8-12H2,1-3H3. The van der Waals surface area contributed by atoms with Crippen LogP contribution in [0, 0.1) is 0 Å². The summed E-state index contributed by atoms with van der Waals surface area (Å²) in [6.07, 6.45) is 4.24. The second-order valence-electron chi connectivity index (χ2n) is 5.58. The van der Waals surface area contributed by atoms with E-state index in [2.05, 4.69) is 30.3 Å². The monoisotopic (exact) mass is 292 g/mol. The van der Waals surface area contributed by atoms with Gasteiger partial charge in [-0.3, -0.25) is 4.79 Å². The van der Waals surface area contributed by atoms with Crippen LogP contribution in [-0.4, -0.2) is 55.2 Å². The van der Waals surface area contributed by atoms with Crippen molar-refractivity contribution in [3.05, 3.63) is 35.4 Å². The molecule has 110 valence electrons. The summed E-state index contributed by atoms with van der Waals surface area (Å²) in [7, 11) is 4.08. The Bertz CT molecular complexity index is 438. The van der Waals surface area contributed by atoms with E-state index in [1.165, 1.54) is 5.56 Å². The van der Waals surface area contributed by atoms with Crippen LogP contribution in [0.1, 0.15) is 28.8 Å². The molecule has 0 atom stereocenters. The van der Waals surface area contributed by atoms with Crippen LogP contribution in [0.3, 0.4) is 0 Å². The zero-order valence-electron chi connectivity index (χ0n) is 12.6. The van der Waals surface area contributed by atoms with E-state index >= 15 is 0 Å². The first-order valence-electron chi connectivity index (χ1n) is 7.15. The van der Waals surface area contributed by atoms with Gasteiger partial charge < -0.3 is 9.80 Å². The summed E-state index contributed by atoms with van der Waals surface area (Å²) < 4.78 is 0. The molecule has 1 aliphatic heterocycles. The number of likely N-dealkylation sites (tertiary alicyclic amines) is 1. The van der Waals surface area contributed by atoms with Gasteiger partial charge in [0, 0.05) is 24.4 Å².